The molecule has 1 saturated heterocycles. The van der Waals surface area contributed by atoms with Crippen LogP contribution in [0.4, 0.5) is 0 Å². The molecule has 23 heavy (non-hydrogen) atoms. The zero-order valence-electron chi connectivity index (χ0n) is 13.4. The third-order valence-electron chi connectivity index (χ3n) is 4.04. The number of hydrogen-bond acceptors (Lipinski definition) is 6. The summed E-state index contributed by atoms with van der Waals surface area (Å²) in [7, 11) is 3.44. The molecule has 7 nitrogen and oxygen atoms in total. The Labute approximate surface area is 139 Å². The summed E-state index contributed by atoms with van der Waals surface area (Å²) in [5.41, 5.74) is 0. The predicted octanol–water partition coefficient (Wildman–Crippen LogP) is -0.232. The average Bonchev–Trinajstić information content (AvgIpc) is 3.07. The van der Waals surface area contributed by atoms with E-state index in [0.29, 0.717) is 19.6 Å². The number of hydrogen-bond donors (Lipinski definition) is 2. The van der Waals surface area contributed by atoms with Gasteiger partial charge in [-0.05, 0) is 18.5 Å². The number of thiophene rings is 1. The van der Waals surface area contributed by atoms with Gasteiger partial charge in [0.2, 0.25) is 5.91 Å². The third-order valence-corrected chi connectivity index (χ3v) is 4.90. The van der Waals surface area contributed by atoms with Crippen molar-refractivity contribution in [1.82, 2.24) is 14.7 Å². The van der Waals surface area contributed by atoms with E-state index in [4.69, 9.17) is 5.11 Å². The molecule has 2 N–H and O–H groups in total. The Bertz CT molecular complexity index is 537. The van der Waals surface area contributed by atoms with Gasteiger partial charge in [0.05, 0.1) is 25.7 Å². The average molecular weight is 341 g/mol. The van der Waals surface area contributed by atoms with E-state index in [1.807, 2.05) is 22.4 Å². The Hall–Kier alpha value is -1.48. The Morgan fingerprint density at radius 2 is 2.13 bits per heavy atom. The highest BCUT2D eigenvalue weighted by Crippen LogP contribution is 2.16. The van der Waals surface area contributed by atoms with Gasteiger partial charge in [-0.3, -0.25) is 19.4 Å². The van der Waals surface area contributed by atoms with E-state index in [2.05, 4.69) is 0 Å². The van der Waals surface area contributed by atoms with E-state index >= 15 is 0 Å². The molecule has 0 aromatic carbocycles. The lowest BCUT2D eigenvalue weighted by molar-refractivity contribution is -0.139. The third kappa shape index (κ3) is 5.00. The van der Waals surface area contributed by atoms with Crippen molar-refractivity contribution in [3.63, 3.8) is 0 Å². The van der Waals surface area contributed by atoms with E-state index in [9.17, 15) is 14.7 Å². The highest BCUT2D eigenvalue weighted by atomic mass is 32.1. The molecule has 0 aliphatic carbocycles. The number of aliphatic carboxylic acids is 1. The first-order valence-electron chi connectivity index (χ1n) is 7.45. The van der Waals surface area contributed by atoms with Crippen molar-refractivity contribution < 1.29 is 19.8 Å². The number of carboxylic acid groups (broad SMARTS) is 1. The summed E-state index contributed by atoms with van der Waals surface area (Å²) in [6, 6.07) is 3.68. The number of carbonyl (C=O) groups is 2. The largest absolute Gasteiger partial charge is 0.480 e. The molecule has 2 atom stereocenters. The monoisotopic (exact) mass is 341 g/mol. The van der Waals surface area contributed by atoms with Gasteiger partial charge in [0, 0.05) is 31.1 Å². The molecule has 1 aromatic heterocycles. The summed E-state index contributed by atoms with van der Waals surface area (Å²) >= 11 is 1.61. The van der Waals surface area contributed by atoms with Gasteiger partial charge in [-0.2, -0.15) is 0 Å². The van der Waals surface area contributed by atoms with E-state index in [1.165, 1.54) is 0 Å². The summed E-state index contributed by atoms with van der Waals surface area (Å²) in [6.07, 6.45) is -0.644. The van der Waals surface area contributed by atoms with Gasteiger partial charge < -0.3 is 15.1 Å². The van der Waals surface area contributed by atoms with E-state index in [-0.39, 0.29) is 25.0 Å². The van der Waals surface area contributed by atoms with Gasteiger partial charge in [-0.25, -0.2) is 0 Å². The molecular formula is C15H23N3O4S. The molecule has 0 unspecified atom stereocenters. The Morgan fingerprint density at radius 3 is 2.74 bits per heavy atom. The van der Waals surface area contributed by atoms with Crippen molar-refractivity contribution >= 4 is 23.2 Å². The first kappa shape index (κ1) is 17.9. The predicted molar refractivity (Wildman–Crippen MR) is 87.3 cm³/mol. The van der Waals surface area contributed by atoms with Crippen LogP contribution in [0.2, 0.25) is 0 Å². The molecule has 2 rings (SSSR count). The van der Waals surface area contributed by atoms with Crippen LogP contribution in [-0.2, 0) is 16.1 Å². The Balaban J connectivity index is 1.83. The van der Waals surface area contributed by atoms with Crippen LogP contribution in [0.5, 0.6) is 0 Å². The standard InChI is InChI=1S/C15H23N3O4S/c1-16(10-15(21)22)12-7-18(8-13(12)19)9-14(20)17(2)6-11-4-3-5-23-11/h3-5,12-13,19H,6-10H2,1-2H3,(H,21,22)/t12-,13+/m0/s1. The second kappa shape index (κ2) is 7.87. The molecule has 1 amide bonds. The first-order chi connectivity index (χ1) is 10.9. The maximum absolute atomic E-state index is 12.3. The van der Waals surface area contributed by atoms with Crippen LogP contribution in [0.1, 0.15) is 4.88 Å². The van der Waals surface area contributed by atoms with Crippen molar-refractivity contribution in [2.24, 2.45) is 0 Å². The van der Waals surface area contributed by atoms with Crippen molar-refractivity contribution in [3.05, 3.63) is 22.4 Å². The van der Waals surface area contributed by atoms with Crippen LogP contribution < -0.4 is 0 Å². The van der Waals surface area contributed by atoms with Crippen LogP contribution >= 0.6 is 11.3 Å². The fourth-order valence-electron chi connectivity index (χ4n) is 2.78. The van der Waals surface area contributed by atoms with Gasteiger partial charge >= 0.3 is 5.97 Å². The van der Waals surface area contributed by atoms with Gasteiger partial charge in [0.15, 0.2) is 0 Å². The minimum Gasteiger partial charge on any atom is -0.480 e. The van der Waals surface area contributed by atoms with Crippen LogP contribution in [0, 0.1) is 0 Å². The zero-order chi connectivity index (χ0) is 17.0. The van der Waals surface area contributed by atoms with E-state index < -0.39 is 12.1 Å². The summed E-state index contributed by atoms with van der Waals surface area (Å²) < 4.78 is 0. The van der Waals surface area contributed by atoms with Crippen LogP contribution in [-0.4, -0.2) is 89.2 Å². The van der Waals surface area contributed by atoms with Crippen LogP contribution in [0.25, 0.3) is 0 Å². The molecule has 128 valence electrons. The number of amides is 1. The second-order valence-electron chi connectivity index (χ2n) is 5.97. The maximum atomic E-state index is 12.3. The number of rotatable bonds is 7. The van der Waals surface area contributed by atoms with E-state index in [0.717, 1.165) is 4.88 Å². The molecule has 0 radical (unpaired) electrons. The van der Waals surface area contributed by atoms with E-state index in [1.54, 1.807) is 35.2 Å². The van der Waals surface area contributed by atoms with Gasteiger partial charge in [-0.1, -0.05) is 6.07 Å². The maximum Gasteiger partial charge on any atom is 0.317 e. The smallest absolute Gasteiger partial charge is 0.317 e. The zero-order valence-corrected chi connectivity index (χ0v) is 14.2. The van der Waals surface area contributed by atoms with Crippen LogP contribution in [0.3, 0.4) is 0 Å². The quantitative estimate of drug-likeness (QED) is 0.713. The fourth-order valence-corrected chi connectivity index (χ4v) is 3.53. The number of likely N-dealkylation sites (N-methyl/N-ethyl adjacent to an activating group) is 2. The molecule has 1 aliphatic rings. The topological polar surface area (TPSA) is 84.3 Å². The Morgan fingerprint density at radius 1 is 1.39 bits per heavy atom. The number of carboxylic acids is 1. The van der Waals surface area contributed by atoms with Crippen molar-refractivity contribution in [2.45, 2.75) is 18.7 Å². The number of β-amino-alcohol motifs (C(OH)–C–C–N with tert-alkyl or cyclic N) is 1. The normalized spacial score (nSPS) is 21.7. The number of carbonyl (C=O) groups excluding carboxylic acids is 1. The molecule has 1 aliphatic heterocycles. The summed E-state index contributed by atoms with van der Waals surface area (Å²) in [5, 5.41) is 20.9. The number of likely N-dealkylation sites (tertiary alicyclic amines) is 1. The minimum atomic E-state index is -0.926. The minimum absolute atomic E-state index is 0.00728. The fraction of sp³-hybridized carbons (Fsp3) is 0.600. The summed E-state index contributed by atoms with van der Waals surface area (Å²) in [5.74, 6) is -0.933. The number of aliphatic hydroxyl groups excluding tert-OH is 1. The molecule has 0 saturated carbocycles. The summed E-state index contributed by atoms with van der Waals surface area (Å²) in [6.45, 7) is 1.56. The molecule has 0 bridgehead atoms. The lowest BCUT2D eigenvalue weighted by Gasteiger charge is -2.25. The second-order valence-corrected chi connectivity index (χ2v) is 7.00. The highest BCUT2D eigenvalue weighted by molar-refractivity contribution is 7.09. The number of aliphatic hydroxyl groups is 1. The lowest BCUT2D eigenvalue weighted by Crippen LogP contribution is -2.43. The molecule has 0 spiro atoms. The molecule has 2 heterocycles. The highest BCUT2D eigenvalue weighted by Gasteiger charge is 2.35. The van der Waals surface area contributed by atoms with Crippen LogP contribution in [0.15, 0.2) is 17.5 Å². The Kier molecular flexibility index (Phi) is 6.11. The molecular weight excluding hydrogens is 318 g/mol. The van der Waals surface area contributed by atoms with Crippen molar-refractivity contribution in [1.29, 1.82) is 0 Å². The van der Waals surface area contributed by atoms with Crippen molar-refractivity contribution in [2.75, 3.05) is 40.3 Å². The molecule has 8 heteroatoms. The summed E-state index contributed by atoms with van der Waals surface area (Å²) in [4.78, 5) is 29.4. The van der Waals surface area contributed by atoms with Crippen molar-refractivity contribution in [3.8, 4) is 0 Å². The van der Waals surface area contributed by atoms with Gasteiger partial charge in [0.1, 0.15) is 0 Å². The molecule has 1 fully saturated rings. The SMILES string of the molecule is CN(Cc1cccs1)C(=O)CN1C[C@@H](O)[C@@H](N(C)CC(=O)O)C1. The van der Waals surface area contributed by atoms with Gasteiger partial charge in [-0.15, -0.1) is 11.3 Å². The molecule has 1 aromatic rings. The lowest BCUT2D eigenvalue weighted by atomic mass is 10.2. The van der Waals surface area contributed by atoms with Gasteiger partial charge in [0.25, 0.3) is 0 Å². The first-order valence-corrected chi connectivity index (χ1v) is 8.33. The number of nitrogens with zero attached hydrogens (tertiary/aromatic N) is 3.